The van der Waals surface area contributed by atoms with Crippen molar-refractivity contribution >= 4 is 6.09 Å². The van der Waals surface area contributed by atoms with E-state index in [9.17, 15) is 9.18 Å². The van der Waals surface area contributed by atoms with Gasteiger partial charge in [-0.05, 0) is 47.5 Å². The summed E-state index contributed by atoms with van der Waals surface area (Å²) in [7, 11) is 1.59. The Morgan fingerprint density at radius 1 is 0.966 bits per heavy atom. The van der Waals surface area contributed by atoms with E-state index in [0.29, 0.717) is 11.3 Å². The summed E-state index contributed by atoms with van der Waals surface area (Å²) in [4.78, 5) is 12.0. The lowest BCUT2D eigenvalue weighted by atomic mass is 9.95. The molecule has 5 heteroatoms. The van der Waals surface area contributed by atoms with Crippen LogP contribution >= 0.6 is 0 Å². The van der Waals surface area contributed by atoms with Crippen LogP contribution in [-0.2, 0) is 4.74 Å². The Morgan fingerprint density at radius 3 is 2.59 bits per heavy atom. The van der Waals surface area contributed by atoms with Crippen molar-refractivity contribution < 1.29 is 18.7 Å². The van der Waals surface area contributed by atoms with Gasteiger partial charge >= 0.3 is 6.09 Å². The zero-order chi connectivity index (χ0) is 20.2. The van der Waals surface area contributed by atoms with Crippen LogP contribution in [0.3, 0.4) is 0 Å². The Kier molecular flexibility index (Phi) is 5.17. The van der Waals surface area contributed by atoms with Gasteiger partial charge < -0.3 is 14.8 Å². The number of nitrogens with one attached hydrogen (secondary N) is 1. The maximum Gasteiger partial charge on any atom is 0.408 e. The number of alkyl carbamates (subject to hydrolysis) is 1. The summed E-state index contributed by atoms with van der Waals surface area (Å²) >= 11 is 0. The average molecular weight is 387 g/mol. The Labute approximate surface area is 168 Å². The molecule has 0 aliphatic carbocycles. The molecule has 4 rings (SSSR count). The number of carbonyl (C=O) groups excluding carboxylic acids is 1. The van der Waals surface area contributed by atoms with Crippen LogP contribution in [0.5, 0.6) is 5.75 Å². The number of amides is 1. The highest BCUT2D eigenvalue weighted by Gasteiger charge is 2.36. The lowest BCUT2D eigenvalue weighted by molar-refractivity contribution is 0.132. The molecule has 1 N–H and O–H groups in total. The normalized spacial score (nSPS) is 17.7. The van der Waals surface area contributed by atoms with E-state index < -0.39 is 12.2 Å². The number of carbonyl (C=O) groups is 1. The third kappa shape index (κ3) is 4.07. The van der Waals surface area contributed by atoms with Crippen LogP contribution in [-0.4, -0.2) is 13.2 Å². The molecule has 4 nitrogen and oxygen atoms in total. The Hall–Kier alpha value is -3.78. The SMILES string of the molecule is COc1cccc([C@@H]2OC(=O)N[C@H]2c2cccc(C#Cc3ccccc3F)c2)c1. The molecule has 0 unspecified atom stereocenters. The fourth-order valence-electron chi connectivity index (χ4n) is 3.27. The van der Waals surface area contributed by atoms with Gasteiger partial charge in [0.2, 0.25) is 0 Å². The molecule has 1 fully saturated rings. The minimum Gasteiger partial charge on any atom is -0.497 e. The molecule has 3 aromatic carbocycles. The lowest BCUT2D eigenvalue weighted by Crippen LogP contribution is -2.19. The molecule has 0 bridgehead atoms. The summed E-state index contributed by atoms with van der Waals surface area (Å²) in [5.74, 6) is 6.17. The summed E-state index contributed by atoms with van der Waals surface area (Å²) in [6.07, 6.45) is -0.974. The quantitative estimate of drug-likeness (QED) is 0.660. The van der Waals surface area contributed by atoms with E-state index in [2.05, 4.69) is 17.2 Å². The zero-order valence-corrected chi connectivity index (χ0v) is 15.7. The smallest absolute Gasteiger partial charge is 0.408 e. The van der Waals surface area contributed by atoms with E-state index in [1.165, 1.54) is 6.07 Å². The molecule has 0 radical (unpaired) electrons. The van der Waals surface area contributed by atoms with Gasteiger partial charge in [-0.3, -0.25) is 0 Å². The molecule has 0 aromatic heterocycles. The van der Waals surface area contributed by atoms with Crippen LogP contribution in [0.15, 0.2) is 72.8 Å². The van der Waals surface area contributed by atoms with Gasteiger partial charge in [0.15, 0.2) is 6.10 Å². The molecule has 1 amide bonds. The van der Waals surface area contributed by atoms with Gasteiger partial charge in [0.05, 0.1) is 18.7 Å². The number of ether oxygens (including phenoxy) is 2. The standard InChI is InChI=1S/C24H18FNO3/c1-28-20-10-5-9-19(15-20)23-22(26-24(27)29-23)18-8-4-6-16(14-18)12-13-17-7-2-3-11-21(17)25/h2-11,14-15,22-23H,1H3,(H,26,27)/t22-,23-/m0/s1. The molecule has 0 spiro atoms. The predicted octanol–water partition coefficient (Wildman–Crippen LogP) is 4.76. The van der Waals surface area contributed by atoms with Crippen LogP contribution in [0.2, 0.25) is 0 Å². The number of cyclic esters (lactones) is 1. The molecule has 3 aromatic rings. The maximum absolute atomic E-state index is 13.8. The minimum absolute atomic E-state index is 0.338. The van der Waals surface area contributed by atoms with Crippen LogP contribution < -0.4 is 10.1 Å². The van der Waals surface area contributed by atoms with Crippen LogP contribution in [0.25, 0.3) is 0 Å². The topological polar surface area (TPSA) is 47.6 Å². The Morgan fingerprint density at radius 2 is 1.76 bits per heavy atom. The van der Waals surface area contributed by atoms with Crippen molar-refractivity contribution in [2.45, 2.75) is 12.1 Å². The van der Waals surface area contributed by atoms with Crippen molar-refractivity contribution in [2.75, 3.05) is 7.11 Å². The predicted molar refractivity (Wildman–Crippen MR) is 107 cm³/mol. The average Bonchev–Trinajstić information content (AvgIpc) is 3.15. The van der Waals surface area contributed by atoms with Gasteiger partial charge in [-0.15, -0.1) is 0 Å². The van der Waals surface area contributed by atoms with Gasteiger partial charge in [-0.25, -0.2) is 9.18 Å². The summed E-state index contributed by atoms with van der Waals surface area (Å²) in [5, 5.41) is 2.86. The fraction of sp³-hybridized carbons (Fsp3) is 0.125. The first-order chi connectivity index (χ1) is 14.1. The van der Waals surface area contributed by atoms with E-state index in [-0.39, 0.29) is 11.9 Å². The van der Waals surface area contributed by atoms with Crippen LogP contribution in [0, 0.1) is 17.7 Å². The largest absolute Gasteiger partial charge is 0.497 e. The number of benzene rings is 3. The van der Waals surface area contributed by atoms with E-state index in [1.807, 2.05) is 48.5 Å². The van der Waals surface area contributed by atoms with Crippen molar-refractivity contribution in [3.8, 4) is 17.6 Å². The van der Waals surface area contributed by atoms with Gasteiger partial charge in [0, 0.05) is 5.56 Å². The van der Waals surface area contributed by atoms with Crippen molar-refractivity contribution in [1.82, 2.24) is 5.32 Å². The number of methoxy groups -OCH3 is 1. The third-order valence-electron chi connectivity index (χ3n) is 4.69. The first-order valence-electron chi connectivity index (χ1n) is 9.11. The fourth-order valence-corrected chi connectivity index (χ4v) is 3.27. The molecule has 1 heterocycles. The molecule has 1 aliphatic heterocycles. The molecular weight excluding hydrogens is 369 g/mol. The zero-order valence-electron chi connectivity index (χ0n) is 15.7. The third-order valence-corrected chi connectivity index (χ3v) is 4.69. The molecule has 1 saturated heterocycles. The second kappa shape index (κ2) is 8.07. The number of hydrogen-bond acceptors (Lipinski definition) is 3. The first kappa shape index (κ1) is 18.6. The van der Waals surface area contributed by atoms with Gasteiger partial charge in [-0.1, -0.05) is 48.2 Å². The molecule has 0 saturated carbocycles. The van der Waals surface area contributed by atoms with Gasteiger partial charge in [0.1, 0.15) is 11.6 Å². The highest BCUT2D eigenvalue weighted by molar-refractivity contribution is 5.71. The van der Waals surface area contributed by atoms with E-state index in [1.54, 1.807) is 25.3 Å². The number of hydrogen-bond donors (Lipinski definition) is 1. The van der Waals surface area contributed by atoms with E-state index in [4.69, 9.17) is 9.47 Å². The summed E-state index contributed by atoms with van der Waals surface area (Å²) in [5.41, 5.74) is 2.74. The molecule has 1 aliphatic rings. The Balaban J connectivity index is 1.64. The van der Waals surface area contributed by atoms with Crippen LogP contribution in [0.1, 0.15) is 34.4 Å². The minimum atomic E-state index is -0.493. The molecule has 29 heavy (non-hydrogen) atoms. The van der Waals surface area contributed by atoms with Crippen LogP contribution in [0.4, 0.5) is 9.18 Å². The molecule has 144 valence electrons. The lowest BCUT2D eigenvalue weighted by Gasteiger charge is -2.18. The summed E-state index contributed by atoms with van der Waals surface area (Å²) < 4.78 is 24.6. The summed E-state index contributed by atoms with van der Waals surface area (Å²) in [6.45, 7) is 0. The summed E-state index contributed by atoms with van der Waals surface area (Å²) in [6, 6.07) is 20.9. The Bertz CT molecular complexity index is 1120. The second-order valence-corrected chi connectivity index (χ2v) is 6.58. The highest BCUT2D eigenvalue weighted by atomic mass is 19.1. The van der Waals surface area contributed by atoms with E-state index >= 15 is 0 Å². The molecular formula is C24H18FNO3. The number of halogens is 1. The maximum atomic E-state index is 13.8. The van der Waals surface area contributed by atoms with Crippen molar-refractivity contribution in [3.63, 3.8) is 0 Å². The molecule has 2 atom stereocenters. The van der Waals surface area contributed by atoms with Gasteiger partial charge in [0.25, 0.3) is 0 Å². The van der Waals surface area contributed by atoms with Crippen molar-refractivity contribution in [2.24, 2.45) is 0 Å². The monoisotopic (exact) mass is 387 g/mol. The second-order valence-electron chi connectivity index (χ2n) is 6.58. The number of rotatable bonds is 3. The van der Waals surface area contributed by atoms with E-state index in [0.717, 1.165) is 16.7 Å². The first-order valence-corrected chi connectivity index (χ1v) is 9.11. The van der Waals surface area contributed by atoms with Crippen molar-refractivity contribution in [1.29, 1.82) is 0 Å². The highest BCUT2D eigenvalue weighted by Crippen LogP contribution is 2.37. The van der Waals surface area contributed by atoms with Gasteiger partial charge in [-0.2, -0.15) is 0 Å². The van der Waals surface area contributed by atoms with Crippen molar-refractivity contribution in [3.05, 3.63) is 101 Å².